The van der Waals surface area contributed by atoms with Crippen LogP contribution in [0.15, 0.2) is 18.2 Å². The molecule has 0 aromatic heterocycles. The molecule has 1 aliphatic carbocycles. The van der Waals surface area contributed by atoms with Gasteiger partial charge < -0.3 is 14.7 Å². The molecule has 2 rings (SSSR count). The Balaban J connectivity index is 1.98. The van der Waals surface area contributed by atoms with Crippen molar-refractivity contribution in [3.05, 3.63) is 34.9 Å². The second kappa shape index (κ2) is 9.56. The highest BCUT2D eigenvalue weighted by molar-refractivity contribution is 5.79. The van der Waals surface area contributed by atoms with E-state index in [0.717, 1.165) is 24.8 Å². The molecule has 1 aliphatic rings. The molecule has 138 valence electrons. The summed E-state index contributed by atoms with van der Waals surface area (Å²) in [6.45, 7) is 5.58. The summed E-state index contributed by atoms with van der Waals surface area (Å²) in [6.07, 6.45) is 4.45. The number of carboxylic acids is 1. The lowest BCUT2D eigenvalue weighted by atomic mass is 10.0. The van der Waals surface area contributed by atoms with Crippen molar-refractivity contribution in [2.75, 3.05) is 26.3 Å². The first kappa shape index (κ1) is 19.4. The van der Waals surface area contributed by atoms with Crippen LogP contribution in [0.1, 0.15) is 43.4 Å². The molecular weight excluding hydrogens is 318 g/mol. The van der Waals surface area contributed by atoms with Gasteiger partial charge in [-0.2, -0.15) is 0 Å². The Bertz CT molecular complexity index is 599. The van der Waals surface area contributed by atoms with Gasteiger partial charge in [0.15, 0.2) is 0 Å². The second-order valence-corrected chi connectivity index (χ2v) is 6.76. The molecule has 0 saturated carbocycles. The van der Waals surface area contributed by atoms with Crippen LogP contribution in [0.4, 0.5) is 0 Å². The molecule has 1 N–H and O–H groups in total. The molecule has 25 heavy (non-hydrogen) atoms. The Morgan fingerprint density at radius 3 is 2.76 bits per heavy atom. The Morgan fingerprint density at radius 2 is 2.04 bits per heavy atom. The van der Waals surface area contributed by atoms with Crippen molar-refractivity contribution in [3.63, 3.8) is 0 Å². The number of carbonyl (C=O) groups is 2. The number of benzene rings is 1. The van der Waals surface area contributed by atoms with E-state index in [0.29, 0.717) is 26.2 Å². The van der Waals surface area contributed by atoms with Gasteiger partial charge in [0.2, 0.25) is 5.91 Å². The number of carbonyl (C=O) groups excluding carboxylic acids is 1. The van der Waals surface area contributed by atoms with E-state index < -0.39 is 11.9 Å². The smallest absolute Gasteiger partial charge is 0.308 e. The van der Waals surface area contributed by atoms with Gasteiger partial charge in [-0.25, -0.2) is 0 Å². The van der Waals surface area contributed by atoms with Crippen LogP contribution in [0.3, 0.4) is 0 Å². The fourth-order valence-electron chi connectivity index (χ4n) is 3.25. The number of rotatable bonds is 10. The maximum Gasteiger partial charge on any atom is 0.308 e. The number of nitrogens with zero attached hydrogens (tertiary/aromatic N) is 1. The van der Waals surface area contributed by atoms with Crippen molar-refractivity contribution in [2.24, 2.45) is 5.92 Å². The molecule has 0 bridgehead atoms. The lowest BCUT2D eigenvalue weighted by molar-refractivity contribution is -0.143. The molecule has 5 heteroatoms. The van der Waals surface area contributed by atoms with Crippen molar-refractivity contribution in [2.45, 2.75) is 46.0 Å². The van der Waals surface area contributed by atoms with E-state index in [-0.39, 0.29) is 12.5 Å². The molecule has 1 aromatic rings. The van der Waals surface area contributed by atoms with Crippen molar-refractivity contribution in [1.29, 1.82) is 0 Å². The predicted octanol–water partition coefficient (Wildman–Crippen LogP) is 2.69. The summed E-state index contributed by atoms with van der Waals surface area (Å²) in [5.74, 6) is -1.46. The van der Waals surface area contributed by atoms with E-state index in [2.05, 4.69) is 12.1 Å². The average molecular weight is 347 g/mol. The lowest BCUT2D eigenvalue weighted by Crippen LogP contribution is -2.38. The first-order valence-electron chi connectivity index (χ1n) is 9.20. The number of hydrogen-bond donors (Lipinski definition) is 1. The fraction of sp³-hybridized carbons (Fsp3) is 0.600. The van der Waals surface area contributed by atoms with Crippen LogP contribution in [0.25, 0.3) is 0 Å². The minimum atomic E-state index is -0.875. The summed E-state index contributed by atoms with van der Waals surface area (Å²) < 4.78 is 5.33. The number of amides is 1. The lowest BCUT2D eigenvalue weighted by Gasteiger charge is -2.25. The number of ether oxygens (including phenoxy) is 1. The third-order valence-corrected chi connectivity index (χ3v) is 4.71. The number of fused-ring (bicyclic) bond motifs is 1. The van der Waals surface area contributed by atoms with Gasteiger partial charge in [0, 0.05) is 26.3 Å². The predicted molar refractivity (Wildman–Crippen MR) is 96.7 cm³/mol. The normalized spacial score (nSPS) is 14.2. The van der Waals surface area contributed by atoms with Crippen molar-refractivity contribution in [3.8, 4) is 0 Å². The summed E-state index contributed by atoms with van der Waals surface area (Å²) in [7, 11) is 0. The van der Waals surface area contributed by atoms with Crippen LogP contribution in [0, 0.1) is 5.92 Å². The molecule has 0 heterocycles. The number of aliphatic carboxylic acids is 1. The zero-order chi connectivity index (χ0) is 18.2. The van der Waals surface area contributed by atoms with Gasteiger partial charge in [0.05, 0.1) is 12.3 Å². The minimum Gasteiger partial charge on any atom is -0.481 e. The van der Waals surface area contributed by atoms with Crippen LogP contribution in [-0.4, -0.2) is 48.2 Å². The quantitative estimate of drug-likeness (QED) is 0.661. The van der Waals surface area contributed by atoms with Crippen LogP contribution in [-0.2, 0) is 33.6 Å². The highest BCUT2D eigenvalue weighted by Gasteiger charge is 2.21. The van der Waals surface area contributed by atoms with Crippen LogP contribution < -0.4 is 0 Å². The zero-order valence-corrected chi connectivity index (χ0v) is 15.3. The van der Waals surface area contributed by atoms with Crippen molar-refractivity contribution >= 4 is 11.9 Å². The van der Waals surface area contributed by atoms with Crippen molar-refractivity contribution in [1.82, 2.24) is 4.90 Å². The van der Waals surface area contributed by atoms with Crippen LogP contribution >= 0.6 is 0 Å². The van der Waals surface area contributed by atoms with Crippen molar-refractivity contribution < 1.29 is 19.4 Å². The van der Waals surface area contributed by atoms with E-state index in [1.165, 1.54) is 17.5 Å². The largest absolute Gasteiger partial charge is 0.481 e. The third kappa shape index (κ3) is 5.85. The van der Waals surface area contributed by atoms with E-state index >= 15 is 0 Å². The van der Waals surface area contributed by atoms with E-state index in [4.69, 9.17) is 9.84 Å². The topological polar surface area (TPSA) is 66.8 Å². The van der Waals surface area contributed by atoms with Crippen LogP contribution in [0.2, 0.25) is 0 Å². The number of aryl methyl sites for hydroxylation is 2. The molecule has 0 radical (unpaired) electrons. The molecule has 0 fully saturated rings. The average Bonchev–Trinajstić information content (AvgIpc) is 3.04. The summed E-state index contributed by atoms with van der Waals surface area (Å²) >= 11 is 0. The zero-order valence-electron chi connectivity index (χ0n) is 15.3. The monoisotopic (exact) mass is 347 g/mol. The number of hydrogen-bond acceptors (Lipinski definition) is 3. The molecule has 0 aliphatic heterocycles. The number of carboxylic acid groups (broad SMARTS) is 1. The second-order valence-electron chi connectivity index (χ2n) is 6.76. The Labute approximate surface area is 150 Å². The van der Waals surface area contributed by atoms with E-state index in [1.807, 2.05) is 13.0 Å². The van der Waals surface area contributed by atoms with Crippen LogP contribution in [0.5, 0.6) is 0 Å². The van der Waals surface area contributed by atoms with E-state index in [9.17, 15) is 9.59 Å². The van der Waals surface area contributed by atoms with Gasteiger partial charge in [-0.1, -0.05) is 25.1 Å². The summed E-state index contributed by atoms with van der Waals surface area (Å²) in [6, 6.07) is 6.30. The van der Waals surface area contributed by atoms with E-state index in [1.54, 1.807) is 11.8 Å². The molecule has 1 aromatic carbocycles. The molecule has 5 nitrogen and oxygen atoms in total. The first-order valence-corrected chi connectivity index (χ1v) is 9.20. The minimum absolute atomic E-state index is 0.0115. The SMILES string of the molecule is CCOCCCN(CC(C)C(=O)O)C(=O)Cc1ccc2c(c1)CCC2. The van der Waals surface area contributed by atoms with Gasteiger partial charge in [-0.05, 0) is 49.3 Å². The standard InChI is InChI=1S/C20H29NO4/c1-3-25-11-5-10-21(14-15(2)20(23)24)19(22)13-16-8-9-17-6-4-7-18(17)12-16/h8-9,12,15H,3-7,10-11,13-14H2,1-2H3,(H,23,24). The Hall–Kier alpha value is -1.88. The molecule has 0 spiro atoms. The molecule has 0 saturated heterocycles. The maximum absolute atomic E-state index is 12.7. The van der Waals surface area contributed by atoms with Gasteiger partial charge >= 0.3 is 5.97 Å². The summed E-state index contributed by atoms with van der Waals surface area (Å²) in [4.78, 5) is 25.6. The van der Waals surface area contributed by atoms with Gasteiger partial charge in [0.1, 0.15) is 0 Å². The molecule has 1 unspecified atom stereocenters. The van der Waals surface area contributed by atoms with Gasteiger partial charge in [0.25, 0.3) is 0 Å². The highest BCUT2D eigenvalue weighted by Crippen LogP contribution is 2.23. The van der Waals surface area contributed by atoms with Gasteiger partial charge in [-0.15, -0.1) is 0 Å². The molecular formula is C20H29NO4. The molecule has 1 atom stereocenters. The maximum atomic E-state index is 12.7. The Kier molecular flexibility index (Phi) is 7.44. The Morgan fingerprint density at radius 1 is 1.28 bits per heavy atom. The molecule has 1 amide bonds. The van der Waals surface area contributed by atoms with Gasteiger partial charge in [-0.3, -0.25) is 9.59 Å². The first-order chi connectivity index (χ1) is 12.0. The highest BCUT2D eigenvalue weighted by atomic mass is 16.5. The summed E-state index contributed by atoms with van der Waals surface area (Å²) in [5, 5.41) is 9.16. The third-order valence-electron chi connectivity index (χ3n) is 4.71. The summed E-state index contributed by atoms with van der Waals surface area (Å²) in [5.41, 5.74) is 3.76. The fourth-order valence-corrected chi connectivity index (χ4v) is 3.25.